The van der Waals surface area contributed by atoms with Gasteiger partial charge in [0.2, 0.25) is 5.91 Å². The molecule has 0 saturated heterocycles. The van der Waals surface area contributed by atoms with Crippen molar-refractivity contribution in [2.75, 3.05) is 6.54 Å². The number of carbonyl (C=O) groups excluding carboxylic acids is 1. The van der Waals surface area contributed by atoms with Gasteiger partial charge in [0, 0.05) is 37.2 Å². The number of halogens is 1. The largest absolute Gasteiger partial charge is 0.508 e. The first kappa shape index (κ1) is 15.5. The lowest BCUT2D eigenvalue weighted by Crippen LogP contribution is -2.37. The van der Waals surface area contributed by atoms with Crippen molar-refractivity contribution in [2.24, 2.45) is 5.73 Å². The van der Waals surface area contributed by atoms with Crippen LogP contribution >= 0.6 is 0 Å². The number of nitrogens with two attached hydrogens (primary N) is 1. The van der Waals surface area contributed by atoms with Crippen molar-refractivity contribution < 1.29 is 14.3 Å². The van der Waals surface area contributed by atoms with E-state index in [2.05, 4.69) is 0 Å². The molecule has 1 aliphatic heterocycles. The second-order valence-corrected chi connectivity index (χ2v) is 5.85. The smallest absolute Gasteiger partial charge is 0.224 e. The Labute approximate surface area is 134 Å². The monoisotopic (exact) mass is 314 g/mol. The molecular weight excluding hydrogens is 295 g/mol. The average molecular weight is 314 g/mol. The molecule has 1 unspecified atom stereocenters. The fourth-order valence-corrected chi connectivity index (χ4v) is 2.95. The molecule has 0 bridgehead atoms. The number of rotatable bonds is 3. The Morgan fingerprint density at radius 3 is 2.78 bits per heavy atom. The zero-order valence-electron chi connectivity index (χ0n) is 12.7. The molecule has 3 N–H and O–H groups in total. The first-order chi connectivity index (χ1) is 11.0. The van der Waals surface area contributed by atoms with Gasteiger partial charge in [0.05, 0.1) is 0 Å². The summed E-state index contributed by atoms with van der Waals surface area (Å²) in [5.41, 5.74) is 8.25. The normalized spacial score (nSPS) is 15.1. The maximum absolute atomic E-state index is 14.0. The van der Waals surface area contributed by atoms with Crippen molar-refractivity contribution in [1.82, 2.24) is 4.90 Å². The van der Waals surface area contributed by atoms with Crippen molar-refractivity contribution in [3.63, 3.8) is 0 Å². The van der Waals surface area contributed by atoms with Gasteiger partial charge < -0.3 is 15.7 Å². The van der Waals surface area contributed by atoms with Crippen molar-refractivity contribution in [1.29, 1.82) is 0 Å². The van der Waals surface area contributed by atoms with Gasteiger partial charge >= 0.3 is 0 Å². The SMILES string of the molecule is NC(CC(=O)N1CCc2cc(O)cc(F)c2C1)c1ccccc1. The molecule has 2 aromatic carbocycles. The summed E-state index contributed by atoms with van der Waals surface area (Å²) >= 11 is 0. The number of nitrogens with zero attached hydrogens (tertiary/aromatic N) is 1. The lowest BCUT2D eigenvalue weighted by molar-refractivity contribution is -0.132. The number of phenols is 1. The van der Waals surface area contributed by atoms with E-state index < -0.39 is 5.82 Å². The van der Waals surface area contributed by atoms with E-state index in [-0.39, 0.29) is 30.7 Å². The van der Waals surface area contributed by atoms with Crippen LogP contribution in [0.3, 0.4) is 0 Å². The highest BCUT2D eigenvalue weighted by Gasteiger charge is 2.25. The van der Waals surface area contributed by atoms with E-state index in [1.807, 2.05) is 30.3 Å². The molecule has 0 fully saturated rings. The lowest BCUT2D eigenvalue weighted by Gasteiger charge is -2.30. The summed E-state index contributed by atoms with van der Waals surface area (Å²) in [6, 6.07) is 11.8. The molecule has 120 valence electrons. The molecule has 5 heteroatoms. The lowest BCUT2D eigenvalue weighted by atomic mass is 9.97. The first-order valence-corrected chi connectivity index (χ1v) is 7.63. The number of carbonyl (C=O) groups is 1. The molecule has 4 nitrogen and oxygen atoms in total. The van der Waals surface area contributed by atoms with Crippen LogP contribution in [0.25, 0.3) is 0 Å². The van der Waals surface area contributed by atoms with E-state index in [0.717, 1.165) is 17.2 Å². The number of amides is 1. The molecule has 0 saturated carbocycles. The molecule has 2 aromatic rings. The van der Waals surface area contributed by atoms with Crippen LogP contribution in [0.1, 0.15) is 29.2 Å². The highest BCUT2D eigenvalue weighted by molar-refractivity contribution is 5.77. The van der Waals surface area contributed by atoms with E-state index in [0.29, 0.717) is 18.5 Å². The molecule has 0 aromatic heterocycles. The third kappa shape index (κ3) is 3.35. The van der Waals surface area contributed by atoms with Crippen LogP contribution < -0.4 is 5.73 Å². The van der Waals surface area contributed by atoms with Gasteiger partial charge in [-0.1, -0.05) is 30.3 Å². The van der Waals surface area contributed by atoms with Crippen LogP contribution in [-0.4, -0.2) is 22.5 Å². The number of benzene rings is 2. The third-order valence-corrected chi connectivity index (χ3v) is 4.25. The second-order valence-electron chi connectivity index (χ2n) is 5.85. The fraction of sp³-hybridized carbons (Fsp3) is 0.278. The van der Waals surface area contributed by atoms with Gasteiger partial charge in [-0.25, -0.2) is 4.39 Å². The van der Waals surface area contributed by atoms with Crippen LogP contribution in [-0.2, 0) is 17.8 Å². The van der Waals surface area contributed by atoms with Crippen LogP contribution in [0.4, 0.5) is 4.39 Å². The molecule has 1 atom stereocenters. The highest BCUT2D eigenvalue weighted by Crippen LogP contribution is 2.27. The number of hydrogen-bond donors (Lipinski definition) is 2. The second kappa shape index (κ2) is 6.38. The summed E-state index contributed by atoms with van der Waals surface area (Å²) in [6.45, 7) is 0.734. The molecular formula is C18H19FN2O2. The Hall–Kier alpha value is -2.40. The van der Waals surface area contributed by atoms with Gasteiger partial charge in [-0.2, -0.15) is 0 Å². The van der Waals surface area contributed by atoms with Gasteiger partial charge in [0.15, 0.2) is 0 Å². The Kier molecular flexibility index (Phi) is 4.30. The molecule has 1 amide bonds. The average Bonchev–Trinajstić information content (AvgIpc) is 2.55. The Balaban J connectivity index is 1.70. The van der Waals surface area contributed by atoms with Gasteiger partial charge in [-0.15, -0.1) is 0 Å². The maximum atomic E-state index is 14.0. The number of aromatic hydroxyl groups is 1. The molecule has 3 rings (SSSR count). The zero-order valence-corrected chi connectivity index (χ0v) is 12.7. The quantitative estimate of drug-likeness (QED) is 0.915. The van der Waals surface area contributed by atoms with Crippen LogP contribution in [0.15, 0.2) is 42.5 Å². The van der Waals surface area contributed by atoms with E-state index in [1.54, 1.807) is 11.0 Å². The molecule has 0 spiro atoms. The van der Waals surface area contributed by atoms with E-state index in [4.69, 9.17) is 5.73 Å². The van der Waals surface area contributed by atoms with Crippen molar-refractivity contribution >= 4 is 5.91 Å². The van der Waals surface area contributed by atoms with Crippen LogP contribution in [0.5, 0.6) is 5.75 Å². The van der Waals surface area contributed by atoms with Gasteiger partial charge in [-0.05, 0) is 23.6 Å². The van der Waals surface area contributed by atoms with Crippen molar-refractivity contribution in [3.05, 3.63) is 65.0 Å². The Morgan fingerprint density at radius 2 is 2.04 bits per heavy atom. The standard InChI is InChI=1S/C18H19FN2O2/c19-16-9-14(22)8-13-6-7-21(11-15(13)16)18(23)10-17(20)12-4-2-1-3-5-12/h1-5,8-9,17,22H,6-7,10-11,20H2. The molecule has 1 aliphatic rings. The molecule has 0 aliphatic carbocycles. The summed E-state index contributed by atoms with van der Waals surface area (Å²) in [4.78, 5) is 14.1. The minimum absolute atomic E-state index is 0.0767. The molecule has 0 radical (unpaired) electrons. The summed E-state index contributed by atoms with van der Waals surface area (Å²) in [6.07, 6.45) is 0.728. The fourth-order valence-electron chi connectivity index (χ4n) is 2.95. The van der Waals surface area contributed by atoms with E-state index in [9.17, 15) is 14.3 Å². The minimum atomic E-state index is -0.468. The Bertz CT molecular complexity index is 718. The molecule has 23 heavy (non-hydrogen) atoms. The molecule has 1 heterocycles. The number of fused-ring (bicyclic) bond motifs is 1. The predicted molar refractivity (Wildman–Crippen MR) is 85.2 cm³/mol. The zero-order chi connectivity index (χ0) is 16.4. The topological polar surface area (TPSA) is 66.6 Å². The maximum Gasteiger partial charge on any atom is 0.224 e. The van der Waals surface area contributed by atoms with Crippen molar-refractivity contribution in [3.8, 4) is 5.75 Å². The van der Waals surface area contributed by atoms with Crippen molar-refractivity contribution in [2.45, 2.75) is 25.4 Å². The van der Waals surface area contributed by atoms with E-state index >= 15 is 0 Å². The Morgan fingerprint density at radius 1 is 1.30 bits per heavy atom. The van der Waals surface area contributed by atoms with Crippen LogP contribution in [0.2, 0.25) is 0 Å². The number of hydrogen-bond acceptors (Lipinski definition) is 3. The predicted octanol–water partition coefficient (Wildman–Crippen LogP) is 2.51. The number of phenolic OH excluding ortho intramolecular Hbond substituents is 1. The minimum Gasteiger partial charge on any atom is -0.508 e. The van der Waals surface area contributed by atoms with E-state index in [1.165, 1.54) is 0 Å². The van der Waals surface area contributed by atoms with Crippen LogP contribution in [0, 0.1) is 5.82 Å². The summed E-state index contributed by atoms with van der Waals surface area (Å²) < 4.78 is 14.0. The highest BCUT2D eigenvalue weighted by atomic mass is 19.1. The van der Waals surface area contributed by atoms with Gasteiger partial charge in [0.1, 0.15) is 11.6 Å². The summed E-state index contributed by atoms with van der Waals surface area (Å²) in [5, 5.41) is 9.45. The third-order valence-electron chi connectivity index (χ3n) is 4.25. The first-order valence-electron chi connectivity index (χ1n) is 7.63. The van der Waals surface area contributed by atoms with Gasteiger partial charge in [-0.3, -0.25) is 4.79 Å². The summed E-state index contributed by atoms with van der Waals surface area (Å²) in [5.74, 6) is -0.628. The summed E-state index contributed by atoms with van der Waals surface area (Å²) in [7, 11) is 0. The van der Waals surface area contributed by atoms with Gasteiger partial charge in [0.25, 0.3) is 0 Å².